The van der Waals surface area contributed by atoms with Crippen LogP contribution in [0.2, 0.25) is 5.02 Å². The first-order chi connectivity index (χ1) is 10.3. The van der Waals surface area contributed by atoms with Gasteiger partial charge in [0.05, 0.1) is 5.69 Å². The Morgan fingerprint density at radius 2 is 1.95 bits per heavy atom. The summed E-state index contributed by atoms with van der Waals surface area (Å²) in [5.41, 5.74) is 1.15. The summed E-state index contributed by atoms with van der Waals surface area (Å²) in [7, 11) is 0. The van der Waals surface area contributed by atoms with Gasteiger partial charge in [0.15, 0.2) is 0 Å². The predicted octanol–water partition coefficient (Wildman–Crippen LogP) is 2.73. The first-order valence-electron chi connectivity index (χ1n) is 5.85. The van der Waals surface area contributed by atoms with Gasteiger partial charge in [-0.25, -0.2) is 4.98 Å². The summed E-state index contributed by atoms with van der Waals surface area (Å²) < 4.78 is 1.59. The van der Waals surface area contributed by atoms with Gasteiger partial charge in [-0.1, -0.05) is 17.7 Å². The van der Waals surface area contributed by atoms with Crippen molar-refractivity contribution in [1.29, 1.82) is 5.26 Å². The summed E-state index contributed by atoms with van der Waals surface area (Å²) in [5, 5.41) is 22.3. The minimum absolute atomic E-state index is 0.352. The van der Waals surface area contributed by atoms with Gasteiger partial charge >= 0.3 is 0 Å². The molecule has 0 spiro atoms. The molecule has 0 fully saturated rings. The van der Waals surface area contributed by atoms with Crippen LogP contribution in [0.4, 0.5) is 0 Å². The third kappa shape index (κ3) is 3.02. The summed E-state index contributed by atoms with van der Waals surface area (Å²) in [6.07, 6.45) is 0. The summed E-state index contributed by atoms with van der Waals surface area (Å²) in [5.74, 6) is 0. The number of tetrazole rings is 1. The SMILES string of the molecule is N#Cc1cccc(Sc2nnnn2-c2ccc(Cl)cc2)n1. The van der Waals surface area contributed by atoms with Crippen molar-refractivity contribution in [3.63, 3.8) is 0 Å². The molecule has 2 heterocycles. The molecule has 8 heteroatoms. The lowest BCUT2D eigenvalue weighted by molar-refractivity contribution is 0.756. The van der Waals surface area contributed by atoms with Crippen molar-refractivity contribution in [2.45, 2.75) is 10.2 Å². The molecule has 21 heavy (non-hydrogen) atoms. The molecular weight excluding hydrogens is 308 g/mol. The molecule has 0 saturated heterocycles. The minimum atomic E-state index is 0.352. The van der Waals surface area contributed by atoms with Gasteiger partial charge in [0.2, 0.25) is 5.16 Å². The molecule has 2 aromatic heterocycles. The molecule has 0 saturated carbocycles. The fourth-order valence-electron chi connectivity index (χ4n) is 1.61. The highest BCUT2D eigenvalue weighted by atomic mass is 35.5. The quantitative estimate of drug-likeness (QED) is 0.739. The summed E-state index contributed by atoms with van der Waals surface area (Å²) in [6.45, 7) is 0. The Labute approximate surface area is 129 Å². The summed E-state index contributed by atoms with van der Waals surface area (Å²) >= 11 is 7.15. The standard InChI is InChI=1S/C13H7ClN6S/c14-9-4-6-11(7-5-9)20-13(17-18-19-20)21-12-3-1-2-10(8-15)16-12/h1-7H. The monoisotopic (exact) mass is 314 g/mol. The van der Waals surface area contributed by atoms with Crippen molar-refractivity contribution in [3.8, 4) is 11.8 Å². The Morgan fingerprint density at radius 3 is 2.71 bits per heavy atom. The average molecular weight is 315 g/mol. The van der Waals surface area contributed by atoms with Crippen molar-refractivity contribution in [2.24, 2.45) is 0 Å². The number of benzene rings is 1. The van der Waals surface area contributed by atoms with Crippen LogP contribution in [-0.2, 0) is 0 Å². The number of halogens is 1. The minimum Gasteiger partial charge on any atom is -0.230 e. The van der Waals surface area contributed by atoms with Crippen LogP contribution in [0.5, 0.6) is 0 Å². The second-order valence-electron chi connectivity index (χ2n) is 3.92. The number of nitriles is 1. The van der Waals surface area contributed by atoms with E-state index in [1.807, 2.05) is 18.2 Å². The largest absolute Gasteiger partial charge is 0.230 e. The van der Waals surface area contributed by atoms with Crippen molar-refractivity contribution in [1.82, 2.24) is 25.2 Å². The van der Waals surface area contributed by atoms with Crippen LogP contribution < -0.4 is 0 Å². The molecule has 0 bridgehead atoms. The van der Waals surface area contributed by atoms with Gasteiger partial charge in [0, 0.05) is 5.02 Å². The van der Waals surface area contributed by atoms with Gasteiger partial charge in [-0.2, -0.15) is 9.94 Å². The van der Waals surface area contributed by atoms with E-state index in [-0.39, 0.29) is 0 Å². The Balaban J connectivity index is 1.92. The smallest absolute Gasteiger partial charge is 0.220 e. The van der Waals surface area contributed by atoms with E-state index in [2.05, 4.69) is 20.5 Å². The molecule has 102 valence electrons. The zero-order valence-electron chi connectivity index (χ0n) is 10.5. The molecule has 0 amide bonds. The molecule has 6 nitrogen and oxygen atoms in total. The van der Waals surface area contributed by atoms with Crippen molar-refractivity contribution < 1.29 is 0 Å². The summed E-state index contributed by atoms with van der Waals surface area (Å²) in [4.78, 5) is 4.19. The Hall–Kier alpha value is -2.43. The highest BCUT2D eigenvalue weighted by Gasteiger charge is 2.11. The van der Waals surface area contributed by atoms with Crippen LogP contribution in [0.3, 0.4) is 0 Å². The van der Waals surface area contributed by atoms with Crippen molar-refractivity contribution in [2.75, 3.05) is 0 Å². The number of hydrogen-bond acceptors (Lipinski definition) is 6. The van der Waals surface area contributed by atoms with Gasteiger partial charge in [-0.15, -0.1) is 5.10 Å². The molecular formula is C13H7ClN6S. The molecule has 0 radical (unpaired) electrons. The van der Waals surface area contributed by atoms with E-state index in [0.717, 1.165) is 5.69 Å². The molecule has 0 aliphatic carbocycles. The van der Waals surface area contributed by atoms with E-state index >= 15 is 0 Å². The zero-order chi connectivity index (χ0) is 14.7. The van der Waals surface area contributed by atoms with Crippen LogP contribution in [0.25, 0.3) is 5.69 Å². The van der Waals surface area contributed by atoms with Gasteiger partial charge < -0.3 is 0 Å². The molecule has 0 atom stereocenters. The molecule has 3 aromatic rings. The number of rotatable bonds is 3. The predicted molar refractivity (Wildman–Crippen MR) is 77.2 cm³/mol. The van der Waals surface area contributed by atoms with E-state index in [0.29, 0.717) is 20.9 Å². The maximum Gasteiger partial charge on any atom is 0.220 e. The first-order valence-corrected chi connectivity index (χ1v) is 7.05. The zero-order valence-corrected chi connectivity index (χ0v) is 12.1. The molecule has 0 aliphatic rings. The van der Waals surface area contributed by atoms with E-state index in [1.54, 1.807) is 35.0 Å². The van der Waals surface area contributed by atoms with Gasteiger partial charge in [-0.3, -0.25) is 0 Å². The van der Waals surface area contributed by atoms with Crippen LogP contribution >= 0.6 is 23.4 Å². The van der Waals surface area contributed by atoms with E-state index < -0.39 is 0 Å². The maximum atomic E-state index is 8.87. The van der Waals surface area contributed by atoms with Gasteiger partial charge in [0.25, 0.3) is 0 Å². The first kappa shape index (κ1) is 13.5. The molecule has 1 aromatic carbocycles. The van der Waals surface area contributed by atoms with E-state index in [1.165, 1.54) is 11.8 Å². The Morgan fingerprint density at radius 1 is 1.14 bits per heavy atom. The van der Waals surface area contributed by atoms with Gasteiger partial charge in [-0.05, 0) is 58.6 Å². The lowest BCUT2D eigenvalue weighted by atomic mass is 10.3. The lowest BCUT2D eigenvalue weighted by Gasteiger charge is -2.03. The van der Waals surface area contributed by atoms with E-state index in [4.69, 9.17) is 16.9 Å². The van der Waals surface area contributed by atoms with Crippen LogP contribution in [0.1, 0.15) is 5.69 Å². The van der Waals surface area contributed by atoms with Crippen molar-refractivity contribution >= 4 is 23.4 Å². The second-order valence-corrected chi connectivity index (χ2v) is 5.35. The Kier molecular flexibility index (Phi) is 3.81. The lowest BCUT2D eigenvalue weighted by Crippen LogP contribution is -1.98. The topological polar surface area (TPSA) is 80.3 Å². The number of hydrogen-bond donors (Lipinski definition) is 0. The molecule has 0 N–H and O–H groups in total. The Bertz CT molecular complexity index is 808. The van der Waals surface area contributed by atoms with Gasteiger partial charge in [0.1, 0.15) is 16.8 Å². The highest BCUT2D eigenvalue weighted by Crippen LogP contribution is 2.25. The van der Waals surface area contributed by atoms with E-state index in [9.17, 15) is 0 Å². The van der Waals surface area contributed by atoms with Crippen LogP contribution in [0, 0.1) is 11.3 Å². The number of pyridine rings is 1. The number of aromatic nitrogens is 5. The molecule has 0 unspecified atom stereocenters. The second kappa shape index (κ2) is 5.91. The third-order valence-electron chi connectivity index (χ3n) is 2.55. The third-order valence-corrected chi connectivity index (χ3v) is 3.67. The molecule has 3 rings (SSSR count). The van der Waals surface area contributed by atoms with Crippen molar-refractivity contribution in [3.05, 3.63) is 53.2 Å². The normalized spacial score (nSPS) is 10.3. The molecule has 0 aliphatic heterocycles. The average Bonchev–Trinajstić information content (AvgIpc) is 2.96. The fourth-order valence-corrected chi connectivity index (χ4v) is 2.52. The van der Waals surface area contributed by atoms with Crippen LogP contribution in [0.15, 0.2) is 52.6 Å². The fraction of sp³-hybridized carbons (Fsp3) is 0. The number of nitrogens with zero attached hydrogens (tertiary/aromatic N) is 6. The summed E-state index contributed by atoms with van der Waals surface area (Å²) in [6, 6.07) is 14.4. The highest BCUT2D eigenvalue weighted by molar-refractivity contribution is 7.99. The van der Waals surface area contributed by atoms with Crippen LogP contribution in [-0.4, -0.2) is 25.2 Å². The maximum absolute atomic E-state index is 8.87.